The summed E-state index contributed by atoms with van der Waals surface area (Å²) < 4.78 is 0. The van der Waals surface area contributed by atoms with Crippen LogP contribution in [0.15, 0.2) is 23.4 Å². The molecule has 0 saturated heterocycles. The molecule has 1 unspecified atom stereocenters. The van der Waals surface area contributed by atoms with Gasteiger partial charge in [0.15, 0.2) is 0 Å². The standard InChI is InChI=1S/C13H22N2S/c1-4-8-14-9-12-6-7-13(15-10-12)16-11(3)5-2/h6-7,10-11,14H,4-5,8-9H2,1-3H3. The molecule has 0 aliphatic rings. The minimum atomic E-state index is 0.650. The maximum atomic E-state index is 4.47. The van der Waals surface area contributed by atoms with Crippen LogP contribution in [0.25, 0.3) is 0 Å². The highest BCUT2D eigenvalue weighted by atomic mass is 32.2. The van der Waals surface area contributed by atoms with E-state index < -0.39 is 0 Å². The highest BCUT2D eigenvalue weighted by Gasteiger charge is 2.02. The molecule has 0 aliphatic heterocycles. The number of rotatable bonds is 7. The molecule has 0 radical (unpaired) electrons. The van der Waals surface area contributed by atoms with Crippen LogP contribution < -0.4 is 5.32 Å². The Balaban J connectivity index is 2.41. The second-order valence-corrected chi connectivity index (χ2v) is 5.48. The van der Waals surface area contributed by atoms with Gasteiger partial charge in [-0.1, -0.05) is 26.8 Å². The molecule has 1 atom stereocenters. The molecule has 2 nitrogen and oxygen atoms in total. The van der Waals surface area contributed by atoms with Gasteiger partial charge < -0.3 is 5.32 Å². The fourth-order valence-electron chi connectivity index (χ4n) is 1.28. The van der Waals surface area contributed by atoms with Crippen molar-refractivity contribution in [3.05, 3.63) is 23.9 Å². The number of hydrogen-bond donors (Lipinski definition) is 1. The normalized spacial score (nSPS) is 12.7. The molecule has 0 fully saturated rings. The molecule has 1 aromatic rings. The summed E-state index contributed by atoms with van der Waals surface area (Å²) in [5.41, 5.74) is 1.27. The van der Waals surface area contributed by atoms with Crippen LogP contribution in [0.5, 0.6) is 0 Å². The molecule has 0 amide bonds. The first-order valence-electron chi connectivity index (χ1n) is 6.08. The number of pyridine rings is 1. The molecule has 0 aromatic carbocycles. The molecule has 0 saturated carbocycles. The maximum absolute atomic E-state index is 4.47. The molecule has 1 rings (SSSR count). The van der Waals surface area contributed by atoms with Gasteiger partial charge in [0, 0.05) is 18.0 Å². The number of hydrogen-bond acceptors (Lipinski definition) is 3. The monoisotopic (exact) mass is 238 g/mol. The van der Waals surface area contributed by atoms with Crippen LogP contribution in [0.3, 0.4) is 0 Å². The van der Waals surface area contributed by atoms with Crippen LogP contribution in [0.1, 0.15) is 39.2 Å². The second kappa shape index (κ2) is 7.69. The van der Waals surface area contributed by atoms with Crippen molar-refractivity contribution in [3.63, 3.8) is 0 Å². The van der Waals surface area contributed by atoms with Crippen LogP contribution in [0.2, 0.25) is 0 Å². The van der Waals surface area contributed by atoms with E-state index in [4.69, 9.17) is 0 Å². The highest BCUT2D eigenvalue weighted by Crippen LogP contribution is 2.22. The first-order chi connectivity index (χ1) is 7.76. The van der Waals surface area contributed by atoms with E-state index in [9.17, 15) is 0 Å². The lowest BCUT2D eigenvalue weighted by atomic mass is 10.3. The summed E-state index contributed by atoms with van der Waals surface area (Å²) in [6.45, 7) is 8.62. The van der Waals surface area contributed by atoms with E-state index in [0.717, 1.165) is 18.1 Å². The average Bonchev–Trinajstić information content (AvgIpc) is 2.31. The maximum Gasteiger partial charge on any atom is 0.0962 e. The Morgan fingerprint density at radius 3 is 2.75 bits per heavy atom. The molecular weight excluding hydrogens is 216 g/mol. The zero-order valence-electron chi connectivity index (χ0n) is 10.5. The van der Waals surface area contributed by atoms with E-state index in [1.54, 1.807) is 0 Å². The Morgan fingerprint density at radius 2 is 2.19 bits per heavy atom. The zero-order chi connectivity index (χ0) is 11.8. The van der Waals surface area contributed by atoms with E-state index in [0.29, 0.717) is 5.25 Å². The molecule has 0 spiro atoms. The third kappa shape index (κ3) is 4.99. The molecule has 90 valence electrons. The van der Waals surface area contributed by atoms with Crippen molar-refractivity contribution in [1.29, 1.82) is 0 Å². The topological polar surface area (TPSA) is 24.9 Å². The quantitative estimate of drug-likeness (QED) is 0.581. The summed E-state index contributed by atoms with van der Waals surface area (Å²) in [7, 11) is 0. The lowest BCUT2D eigenvalue weighted by molar-refractivity contribution is 0.673. The van der Waals surface area contributed by atoms with E-state index in [-0.39, 0.29) is 0 Å². The molecule has 3 heteroatoms. The molecule has 0 bridgehead atoms. The van der Waals surface area contributed by atoms with Crippen LogP contribution in [-0.4, -0.2) is 16.8 Å². The van der Waals surface area contributed by atoms with Crippen LogP contribution in [-0.2, 0) is 6.54 Å². The molecular formula is C13H22N2S. The Labute approximate surface area is 103 Å². The third-order valence-electron chi connectivity index (χ3n) is 2.45. The van der Waals surface area contributed by atoms with Crippen molar-refractivity contribution in [3.8, 4) is 0 Å². The molecule has 1 N–H and O–H groups in total. The summed E-state index contributed by atoms with van der Waals surface area (Å²) in [5, 5.41) is 5.16. The summed E-state index contributed by atoms with van der Waals surface area (Å²) in [6, 6.07) is 4.29. The first kappa shape index (κ1) is 13.5. The van der Waals surface area contributed by atoms with Crippen molar-refractivity contribution in [2.75, 3.05) is 6.54 Å². The zero-order valence-corrected chi connectivity index (χ0v) is 11.3. The van der Waals surface area contributed by atoms with E-state index in [2.05, 4.69) is 43.2 Å². The second-order valence-electron chi connectivity index (χ2n) is 4.02. The summed E-state index contributed by atoms with van der Waals surface area (Å²) >= 11 is 1.85. The smallest absolute Gasteiger partial charge is 0.0962 e. The Hall–Kier alpha value is -0.540. The van der Waals surface area contributed by atoms with Crippen LogP contribution >= 0.6 is 11.8 Å². The largest absolute Gasteiger partial charge is 0.313 e. The average molecular weight is 238 g/mol. The van der Waals surface area contributed by atoms with Crippen molar-refractivity contribution >= 4 is 11.8 Å². The van der Waals surface area contributed by atoms with E-state index >= 15 is 0 Å². The summed E-state index contributed by atoms with van der Waals surface area (Å²) in [5.74, 6) is 0. The van der Waals surface area contributed by atoms with E-state index in [1.807, 2.05) is 18.0 Å². The van der Waals surface area contributed by atoms with Crippen molar-refractivity contribution in [2.24, 2.45) is 0 Å². The molecule has 1 aromatic heterocycles. The molecule has 16 heavy (non-hydrogen) atoms. The van der Waals surface area contributed by atoms with Crippen LogP contribution in [0, 0.1) is 0 Å². The highest BCUT2D eigenvalue weighted by molar-refractivity contribution is 7.99. The number of nitrogens with one attached hydrogen (secondary N) is 1. The van der Waals surface area contributed by atoms with Gasteiger partial charge in [0.25, 0.3) is 0 Å². The van der Waals surface area contributed by atoms with Gasteiger partial charge in [-0.25, -0.2) is 4.98 Å². The Morgan fingerprint density at radius 1 is 1.38 bits per heavy atom. The van der Waals surface area contributed by atoms with Crippen LogP contribution in [0.4, 0.5) is 0 Å². The molecule has 0 aliphatic carbocycles. The fraction of sp³-hybridized carbons (Fsp3) is 0.615. The summed E-state index contributed by atoms with van der Waals surface area (Å²) in [6.07, 6.45) is 4.34. The van der Waals surface area contributed by atoms with Crippen molar-refractivity contribution in [1.82, 2.24) is 10.3 Å². The number of nitrogens with zero attached hydrogens (tertiary/aromatic N) is 1. The fourth-order valence-corrected chi connectivity index (χ4v) is 2.12. The minimum absolute atomic E-state index is 0.650. The Bertz CT molecular complexity index is 284. The third-order valence-corrected chi connectivity index (χ3v) is 3.67. The summed E-state index contributed by atoms with van der Waals surface area (Å²) in [4.78, 5) is 4.47. The van der Waals surface area contributed by atoms with Gasteiger partial charge in [-0.05, 0) is 31.0 Å². The van der Waals surface area contributed by atoms with E-state index in [1.165, 1.54) is 18.4 Å². The van der Waals surface area contributed by atoms with Gasteiger partial charge in [0.05, 0.1) is 5.03 Å². The van der Waals surface area contributed by atoms with Gasteiger partial charge >= 0.3 is 0 Å². The minimum Gasteiger partial charge on any atom is -0.313 e. The predicted octanol–water partition coefficient (Wildman–Crippen LogP) is 3.47. The van der Waals surface area contributed by atoms with Gasteiger partial charge in [-0.3, -0.25) is 0 Å². The Kier molecular flexibility index (Phi) is 6.50. The SMILES string of the molecule is CCCNCc1ccc(SC(C)CC)nc1. The molecule has 1 heterocycles. The lowest BCUT2D eigenvalue weighted by Crippen LogP contribution is -2.13. The first-order valence-corrected chi connectivity index (χ1v) is 6.96. The van der Waals surface area contributed by atoms with Gasteiger partial charge in [-0.15, -0.1) is 11.8 Å². The van der Waals surface area contributed by atoms with Crippen molar-refractivity contribution in [2.45, 2.75) is 50.4 Å². The number of thioether (sulfide) groups is 1. The number of aromatic nitrogens is 1. The van der Waals surface area contributed by atoms with Gasteiger partial charge in [0.1, 0.15) is 0 Å². The van der Waals surface area contributed by atoms with Crippen molar-refractivity contribution < 1.29 is 0 Å². The predicted molar refractivity (Wildman–Crippen MR) is 71.8 cm³/mol. The lowest BCUT2D eigenvalue weighted by Gasteiger charge is -2.08. The van der Waals surface area contributed by atoms with Gasteiger partial charge in [-0.2, -0.15) is 0 Å². The van der Waals surface area contributed by atoms with Gasteiger partial charge in [0.2, 0.25) is 0 Å².